The SMILES string of the molecule is Brc1cccc(C2(c3ccc(I)cc3)c3ccccc3Sc3ccc4ccccc4c32)c1. The van der Waals surface area contributed by atoms with Crippen LogP contribution in [0.25, 0.3) is 10.8 Å². The van der Waals surface area contributed by atoms with Gasteiger partial charge in [-0.1, -0.05) is 100 Å². The minimum atomic E-state index is -0.411. The summed E-state index contributed by atoms with van der Waals surface area (Å²) in [4.78, 5) is 2.63. The number of hydrogen-bond donors (Lipinski definition) is 0. The zero-order chi connectivity index (χ0) is 21.7. The van der Waals surface area contributed by atoms with E-state index < -0.39 is 5.41 Å². The molecule has 0 amide bonds. The van der Waals surface area contributed by atoms with Gasteiger partial charge in [0, 0.05) is 17.8 Å². The lowest BCUT2D eigenvalue weighted by Gasteiger charge is -2.42. The first-order valence-electron chi connectivity index (χ1n) is 10.5. The monoisotopic (exact) mass is 604 g/mol. The Morgan fingerprint density at radius 3 is 2.28 bits per heavy atom. The molecule has 0 bridgehead atoms. The van der Waals surface area contributed by atoms with E-state index >= 15 is 0 Å². The van der Waals surface area contributed by atoms with Crippen LogP contribution in [0.5, 0.6) is 0 Å². The maximum atomic E-state index is 3.76. The largest absolute Gasteiger partial charge is 0.0894 e. The molecule has 32 heavy (non-hydrogen) atoms. The number of halogens is 2. The standard InChI is InChI=1S/C29H18BrIS/c30-22-8-5-7-21(18-22)29(20-13-15-23(31)16-14-20)25-10-3-4-11-26(25)32-27-17-12-19-6-1-2-9-24(19)28(27)29/h1-18H. The maximum absolute atomic E-state index is 3.76. The van der Waals surface area contributed by atoms with E-state index in [4.69, 9.17) is 0 Å². The van der Waals surface area contributed by atoms with Crippen LogP contribution in [-0.4, -0.2) is 0 Å². The number of benzene rings is 5. The summed E-state index contributed by atoms with van der Waals surface area (Å²) < 4.78 is 2.34. The quantitative estimate of drug-likeness (QED) is 0.178. The third-order valence-corrected chi connectivity index (χ3v) is 8.66. The van der Waals surface area contributed by atoms with Crippen molar-refractivity contribution in [2.24, 2.45) is 0 Å². The predicted molar refractivity (Wildman–Crippen MR) is 147 cm³/mol. The highest BCUT2D eigenvalue weighted by Gasteiger charge is 2.45. The molecule has 0 saturated carbocycles. The van der Waals surface area contributed by atoms with E-state index in [1.165, 1.54) is 46.4 Å². The molecular formula is C29H18BrIS. The molecule has 154 valence electrons. The molecular weight excluding hydrogens is 587 g/mol. The van der Waals surface area contributed by atoms with Gasteiger partial charge in [-0.05, 0) is 92.0 Å². The van der Waals surface area contributed by atoms with E-state index in [9.17, 15) is 0 Å². The summed E-state index contributed by atoms with van der Waals surface area (Å²) in [5.74, 6) is 0. The third-order valence-electron chi connectivity index (χ3n) is 6.31. The minimum absolute atomic E-state index is 0.411. The summed E-state index contributed by atoms with van der Waals surface area (Å²) in [5.41, 5.74) is 4.87. The van der Waals surface area contributed by atoms with Crippen molar-refractivity contribution in [1.82, 2.24) is 0 Å². The molecule has 1 atom stereocenters. The smallest absolute Gasteiger partial charge is 0.0729 e. The van der Waals surface area contributed by atoms with Gasteiger partial charge in [0.05, 0.1) is 5.41 Å². The third kappa shape index (κ3) is 3.09. The Kier molecular flexibility index (Phi) is 5.16. The Hall–Kier alpha value is -2.08. The van der Waals surface area contributed by atoms with Gasteiger partial charge < -0.3 is 0 Å². The van der Waals surface area contributed by atoms with E-state index in [0.717, 1.165) is 4.47 Å². The van der Waals surface area contributed by atoms with Crippen molar-refractivity contribution in [3.63, 3.8) is 0 Å². The van der Waals surface area contributed by atoms with Crippen LogP contribution in [0.4, 0.5) is 0 Å². The average molecular weight is 605 g/mol. The molecule has 0 aliphatic carbocycles. The lowest BCUT2D eigenvalue weighted by Crippen LogP contribution is -2.34. The molecule has 5 aromatic rings. The van der Waals surface area contributed by atoms with Crippen LogP contribution in [-0.2, 0) is 5.41 Å². The topological polar surface area (TPSA) is 0 Å². The molecule has 0 aromatic heterocycles. The van der Waals surface area contributed by atoms with Crippen molar-refractivity contribution in [2.45, 2.75) is 15.2 Å². The number of rotatable bonds is 2. The Labute approximate surface area is 214 Å². The Balaban J connectivity index is 1.86. The van der Waals surface area contributed by atoms with Crippen LogP contribution in [0.1, 0.15) is 22.3 Å². The predicted octanol–water partition coefficient (Wildman–Crippen LogP) is 9.05. The second-order valence-corrected chi connectivity index (χ2v) is 11.3. The summed E-state index contributed by atoms with van der Waals surface area (Å²) in [6, 6.07) is 40.2. The Morgan fingerprint density at radius 1 is 0.656 bits per heavy atom. The van der Waals surface area contributed by atoms with Crippen LogP contribution in [0.3, 0.4) is 0 Å². The fraction of sp³-hybridized carbons (Fsp3) is 0.0345. The molecule has 0 radical (unpaired) electrons. The zero-order valence-corrected chi connectivity index (χ0v) is 21.6. The number of hydrogen-bond acceptors (Lipinski definition) is 1. The van der Waals surface area contributed by atoms with Crippen molar-refractivity contribution < 1.29 is 0 Å². The van der Waals surface area contributed by atoms with Crippen molar-refractivity contribution >= 4 is 61.1 Å². The fourth-order valence-corrected chi connectivity index (χ4v) is 7.00. The molecule has 0 N–H and O–H groups in total. The van der Waals surface area contributed by atoms with Crippen molar-refractivity contribution in [1.29, 1.82) is 0 Å². The van der Waals surface area contributed by atoms with Gasteiger partial charge in [0.15, 0.2) is 0 Å². The maximum Gasteiger partial charge on any atom is 0.0729 e. The van der Waals surface area contributed by atoms with E-state index in [0.29, 0.717) is 0 Å². The minimum Gasteiger partial charge on any atom is -0.0894 e. The van der Waals surface area contributed by atoms with Crippen molar-refractivity contribution in [3.8, 4) is 0 Å². The first-order valence-corrected chi connectivity index (χ1v) is 13.2. The van der Waals surface area contributed by atoms with Gasteiger partial charge in [0.1, 0.15) is 0 Å². The van der Waals surface area contributed by atoms with E-state index in [1.807, 2.05) is 11.8 Å². The van der Waals surface area contributed by atoms with Gasteiger partial charge in [0.2, 0.25) is 0 Å². The highest BCUT2D eigenvalue weighted by molar-refractivity contribution is 14.1. The second kappa shape index (κ2) is 8.05. The van der Waals surface area contributed by atoms with E-state index in [1.54, 1.807) is 0 Å². The molecule has 6 rings (SSSR count). The van der Waals surface area contributed by atoms with Gasteiger partial charge in [-0.2, -0.15) is 0 Å². The molecule has 1 heterocycles. The highest BCUT2D eigenvalue weighted by Crippen LogP contribution is 2.57. The Bertz CT molecular complexity index is 1470. The first kappa shape index (κ1) is 20.5. The molecule has 3 heteroatoms. The summed E-state index contributed by atoms with van der Waals surface area (Å²) in [6.07, 6.45) is 0. The molecule has 1 unspecified atom stereocenters. The molecule has 5 aromatic carbocycles. The molecule has 1 aliphatic heterocycles. The van der Waals surface area contributed by atoms with Gasteiger partial charge in [-0.3, -0.25) is 0 Å². The summed E-state index contributed by atoms with van der Waals surface area (Å²) >= 11 is 8.04. The molecule has 1 aliphatic rings. The second-order valence-electron chi connectivity index (χ2n) is 8.03. The van der Waals surface area contributed by atoms with E-state index in [-0.39, 0.29) is 0 Å². The van der Waals surface area contributed by atoms with Gasteiger partial charge >= 0.3 is 0 Å². The fourth-order valence-electron chi connectivity index (χ4n) is 5.03. The van der Waals surface area contributed by atoms with Gasteiger partial charge in [0.25, 0.3) is 0 Å². The van der Waals surface area contributed by atoms with Crippen LogP contribution >= 0.6 is 50.3 Å². The van der Waals surface area contributed by atoms with Crippen molar-refractivity contribution in [3.05, 3.63) is 139 Å². The molecule has 0 fully saturated rings. The average Bonchev–Trinajstić information content (AvgIpc) is 2.83. The first-order chi connectivity index (χ1) is 15.7. The normalized spacial score (nSPS) is 17.1. The zero-order valence-electron chi connectivity index (χ0n) is 17.1. The lowest BCUT2D eigenvalue weighted by atomic mass is 9.64. The van der Waals surface area contributed by atoms with Crippen LogP contribution < -0.4 is 0 Å². The van der Waals surface area contributed by atoms with Crippen LogP contribution in [0, 0.1) is 3.57 Å². The van der Waals surface area contributed by atoms with Crippen LogP contribution in [0.15, 0.2) is 123 Å². The van der Waals surface area contributed by atoms with E-state index in [2.05, 4.69) is 148 Å². The summed E-state index contributed by atoms with van der Waals surface area (Å²) in [6.45, 7) is 0. The van der Waals surface area contributed by atoms with Crippen LogP contribution in [0.2, 0.25) is 0 Å². The molecule has 0 nitrogen and oxygen atoms in total. The molecule has 0 saturated heterocycles. The lowest BCUT2D eigenvalue weighted by molar-refractivity contribution is 0.709. The number of fused-ring (bicyclic) bond motifs is 4. The Morgan fingerprint density at radius 2 is 1.44 bits per heavy atom. The summed E-state index contributed by atoms with van der Waals surface area (Å²) in [7, 11) is 0. The highest BCUT2D eigenvalue weighted by atomic mass is 127. The summed E-state index contributed by atoms with van der Waals surface area (Å²) in [5, 5.41) is 2.58. The molecule has 0 spiro atoms. The van der Waals surface area contributed by atoms with Gasteiger partial charge in [-0.25, -0.2) is 0 Å². The van der Waals surface area contributed by atoms with Gasteiger partial charge in [-0.15, -0.1) is 0 Å². The van der Waals surface area contributed by atoms with Crippen molar-refractivity contribution in [2.75, 3.05) is 0 Å².